The molecule has 0 aromatic carbocycles. The van der Waals surface area contributed by atoms with Crippen molar-refractivity contribution in [2.75, 3.05) is 0 Å². The number of hydrogen-bond acceptors (Lipinski definition) is 2. The number of halogens is 1. The number of nitrogens with zero attached hydrogens (tertiary/aromatic N) is 2. The van der Waals surface area contributed by atoms with Gasteiger partial charge in [-0.1, -0.05) is 11.6 Å². The number of aryl methyl sites for hydroxylation is 2. The lowest BCUT2D eigenvalue weighted by atomic mass is 10.2. The van der Waals surface area contributed by atoms with Crippen LogP contribution in [-0.4, -0.2) is 20.9 Å². The molecule has 1 rings (SSSR count). The van der Waals surface area contributed by atoms with Crippen LogP contribution in [0.4, 0.5) is 0 Å². The SMILES string of the molecule is Cc1nn(CCCCC(=O)O)c(C)c1Cl. The quantitative estimate of drug-likeness (QED) is 0.791. The maximum atomic E-state index is 10.3. The Morgan fingerprint density at radius 1 is 1.47 bits per heavy atom. The van der Waals surface area contributed by atoms with E-state index in [4.69, 9.17) is 16.7 Å². The van der Waals surface area contributed by atoms with Gasteiger partial charge in [0, 0.05) is 13.0 Å². The van der Waals surface area contributed by atoms with E-state index in [1.807, 2.05) is 18.5 Å². The zero-order chi connectivity index (χ0) is 11.4. The Bertz CT molecular complexity index is 361. The van der Waals surface area contributed by atoms with Crippen molar-refractivity contribution in [2.45, 2.75) is 39.7 Å². The molecular weight excluding hydrogens is 216 g/mol. The Hall–Kier alpha value is -1.03. The minimum atomic E-state index is -0.749. The second-order valence-electron chi connectivity index (χ2n) is 3.56. The first-order valence-corrected chi connectivity index (χ1v) is 5.31. The molecule has 84 valence electrons. The minimum absolute atomic E-state index is 0.215. The van der Waals surface area contributed by atoms with E-state index in [0.29, 0.717) is 11.4 Å². The van der Waals surface area contributed by atoms with Crippen molar-refractivity contribution in [3.8, 4) is 0 Å². The van der Waals surface area contributed by atoms with E-state index in [0.717, 1.165) is 24.4 Å². The number of aliphatic carboxylic acids is 1. The molecule has 0 radical (unpaired) electrons. The predicted molar refractivity (Wildman–Crippen MR) is 58.2 cm³/mol. The summed E-state index contributed by atoms with van der Waals surface area (Å²) in [6, 6.07) is 0. The van der Waals surface area contributed by atoms with Crippen molar-refractivity contribution in [3.05, 3.63) is 16.4 Å². The summed E-state index contributed by atoms with van der Waals surface area (Å²) in [7, 11) is 0. The summed E-state index contributed by atoms with van der Waals surface area (Å²) in [6.07, 6.45) is 1.70. The van der Waals surface area contributed by atoms with Crippen LogP contribution in [0.15, 0.2) is 0 Å². The highest BCUT2D eigenvalue weighted by molar-refractivity contribution is 6.31. The van der Waals surface area contributed by atoms with Gasteiger partial charge in [-0.2, -0.15) is 5.10 Å². The molecule has 15 heavy (non-hydrogen) atoms. The van der Waals surface area contributed by atoms with Crippen LogP contribution in [-0.2, 0) is 11.3 Å². The fourth-order valence-electron chi connectivity index (χ4n) is 1.43. The molecule has 0 bridgehead atoms. The van der Waals surface area contributed by atoms with Crippen molar-refractivity contribution >= 4 is 17.6 Å². The maximum Gasteiger partial charge on any atom is 0.303 e. The first-order chi connectivity index (χ1) is 7.02. The molecule has 1 heterocycles. The fraction of sp³-hybridized carbons (Fsp3) is 0.600. The molecule has 0 fully saturated rings. The number of rotatable bonds is 5. The van der Waals surface area contributed by atoms with E-state index >= 15 is 0 Å². The molecule has 0 aliphatic rings. The third-order valence-electron chi connectivity index (χ3n) is 2.30. The molecule has 1 aromatic heterocycles. The molecule has 0 amide bonds. The van der Waals surface area contributed by atoms with Crippen LogP contribution < -0.4 is 0 Å². The second kappa shape index (κ2) is 5.16. The van der Waals surface area contributed by atoms with Crippen molar-refractivity contribution in [1.82, 2.24) is 9.78 Å². The van der Waals surface area contributed by atoms with Gasteiger partial charge in [0.1, 0.15) is 0 Å². The molecule has 0 aliphatic heterocycles. The zero-order valence-electron chi connectivity index (χ0n) is 8.96. The first kappa shape index (κ1) is 12.0. The minimum Gasteiger partial charge on any atom is -0.481 e. The molecule has 0 saturated heterocycles. The van der Waals surface area contributed by atoms with Crippen LogP contribution in [0.25, 0.3) is 0 Å². The third kappa shape index (κ3) is 3.23. The summed E-state index contributed by atoms with van der Waals surface area (Å²) in [6.45, 7) is 4.51. The number of carboxylic acid groups (broad SMARTS) is 1. The van der Waals surface area contributed by atoms with Gasteiger partial charge in [-0.15, -0.1) is 0 Å². The summed E-state index contributed by atoms with van der Waals surface area (Å²) < 4.78 is 1.83. The van der Waals surface area contributed by atoms with E-state index in [1.165, 1.54) is 0 Å². The van der Waals surface area contributed by atoms with Crippen molar-refractivity contribution in [3.63, 3.8) is 0 Å². The Balaban J connectivity index is 2.44. The van der Waals surface area contributed by atoms with Gasteiger partial charge in [0.05, 0.1) is 16.4 Å². The lowest BCUT2D eigenvalue weighted by molar-refractivity contribution is -0.137. The predicted octanol–water partition coefficient (Wildman–Crippen LogP) is 2.41. The summed E-state index contributed by atoms with van der Waals surface area (Å²) >= 11 is 5.98. The molecule has 0 unspecified atom stereocenters. The average Bonchev–Trinajstić information content (AvgIpc) is 2.41. The average molecular weight is 231 g/mol. The molecule has 0 aliphatic carbocycles. The second-order valence-corrected chi connectivity index (χ2v) is 3.94. The molecule has 1 aromatic rings. The van der Waals surface area contributed by atoms with Crippen LogP contribution in [0.2, 0.25) is 5.02 Å². The summed E-state index contributed by atoms with van der Waals surface area (Å²) in [4.78, 5) is 10.3. The molecule has 0 atom stereocenters. The number of aromatic nitrogens is 2. The van der Waals surface area contributed by atoms with E-state index in [1.54, 1.807) is 0 Å². The van der Waals surface area contributed by atoms with Gasteiger partial charge in [-0.25, -0.2) is 0 Å². The highest BCUT2D eigenvalue weighted by atomic mass is 35.5. The Morgan fingerprint density at radius 3 is 2.60 bits per heavy atom. The number of carboxylic acids is 1. The third-order valence-corrected chi connectivity index (χ3v) is 2.85. The van der Waals surface area contributed by atoms with Crippen LogP contribution in [0.3, 0.4) is 0 Å². The van der Waals surface area contributed by atoms with Gasteiger partial charge < -0.3 is 5.11 Å². The van der Waals surface area contributed by atoms with Gasteiger partial charge in [-0.3, -0.25) is 9.48 Å². The molecule has 0 saturated carbocycles. The monoisotopic (exact) mass is 230 g/mol. The Morgan fingerprint density at radius 2 is 2.13 bits per heavy atom. The largest absolute Gasteiger partial charge is 0.481 e. The smallest absolute Gasteiger partial charge is 0.303 e. The number of hydrogen-bond donors (Lipinski definition) is 1. The van der Waals surface area contributed by atoms with E-state index in [9.17, 15) is 4.79 Å². The van der Waals surface area contributed by atoms with Crippen LogP contribution in [0.1, 0.15) is 30.7 Å². The van der Waals surface area contributed by atoms with Gasteiger partial charge >= 0.3 is 5.97 Å². The summed E-state index contributed by atoms with van der Waals surface area (Å²) in [5.41, 5.74) is 1.77. The maximum absolute atomic E-state index is 10.3. The first-order valence-electron chi connectivity index (χ1n) is 4.93. The van der Waals surface area contributed by atoms with Crippen molar-refractivity contribution in [2.24, 2.45) is 0 Å². The molecule has 1 N–H and O–H groups in total. The standard InChI is InChI=1S/C10H15ClN2O2/c1-7-10(11)8(2)13(12-7)6-4-3-5-9(14)15/h3-6H2,1-2H3,(H,14,15). The van der Waals surface area contributed by atoms with Gasteiger partial charge in [0.2, 0.25) is 0 Å². The van der Waals surface area contributed by atoms with Crippen LogP contribution >= 0.6 is 11.6 Å². The van der Waals surface area contributed by atoms with Crippen molar-refractivity contribution in [1.29, 1.82) is 0 Å². The Kier molecular flexibility index (Phi) is 4.15. The summed E-state index contributed by atoms with van der Waals surface area (Å²) in [5, 5.41) is 13.4. The van der Waals surface area contributed by atoms with Gasteiger partial charge in [0.15, 0.2) is 0 Å². The molecular formula is C10H15ClN2O2. The van der Waals surface area contributed by atoms with E-state index < -0.39 is 5.97 Å². The molecule has 0 spiro atoms. The van der Waals surface area contributed by atoms with Gasteiger partial charge in [0.25, 0.3) is 0 Å². The van der Waals surface area contributed by atoms with Crippen molar-refractivity contribution < 1.29 is 9.90 Å². The lowest BCUT2D eigenvalue weighted by Crippen LogP contribution is -2.03. The zero-order valence-corrected chi connectivity index (χ0v) is 9.71. The highest BCUT2D eigenvalue weighted by Gasteiger charge is 2.08. The van der Waals surface area contributed by atoms with E-state index in [-0.39, 0.29) is 6.42 Å². The lowest BCUT2D eigenvalue weighted by Gasteiger charge is -2.02. The number of carbonyl (C=O) groups is 1. The normalized spacial score (nSPS) is 10.6. The topological polar surface area (TPSA) is 55.1 Å². The molecule has 5 heteroatoms. The highest BCUT2D eigenvalue weighted by Crippen LogP contribution is 2.19. The van der Waals surface area contributed by atoms with E-state index in [2.05, 4.69) is 5.10 Å². The number of unbranched alkanes of at least 4 members (excludes halogenated alkanes) is 1. The summed E-state index contributed by atoms with van der Waals surface area (Å²) in [5.74, 6) is -0.749. The Labute approximate surface area is 93.9 Å². The fourth-order valence-corrected chi connectivity index (χ4v) is 1.57. The van der Waals surface area contributed by atoms with Crippen LogP contribution in [0.5, 0.6) is 0 Å². The van der Waals surface area contributed by atoms with Gasteiger partial charge in [-0.05, 0) is 26.7 Å². The molecule has 4 nitrogen and oxygen atoms in total. The van der Waals surface area contributed by atoms with Crippen LogP contribution in [0, 0.1) is 13.8 Å².